The number of benzene rings is 1. The van der Waals surface area contributed by atoms with E-state index < -0.39 is 0 Å². The number of rotatable bonds is 3. The van der Waals surface area contributed by atoms with Gasteiger partial charge in [-0.1, -0.05) is 30.3 Å². The molecule has 0 atom stereocenters. The average Bonchev–Trinajstić information content (AvgIpc) is 3.13. The second kappa shape index (κ2) is 5.86. The Morgan fingerprint density at radius 3 is 2.68 bits per heavy atom. The number of nitrogen functional groups attached to an aromatic ring is 1. The summed E-state index contributed by atoms with van der Waals surface area (Å²) in [5, 5.41) is 7.67. The fourth-order valence-corrected chi connectivity index (χ4v) is 2.92. The van der Waals surface area contributed by atoms with Crippen molar-refractivity contribution in [3.05, 3.63) is 70.3 Å². The molecule has 0 aliphatic rings. The molecule has 4 aromatic rings. The van der Waals surface area contributed by atoms with Crippen LogP contribution < -0.4 is 11.3 Å². The Labute approximate surface area is 143 Å². The van der Waals surface area contributed by atoms with Crippen molar-refractivity contribution in [2.24, 2.45) is 0 Å². The zero-order valence-electron chi connectivity index (χ0n) is 13.6. The quantitative estimate of drug-likeness (QED) is 0.598. The second-order valence-corrected chi connectivity index (χ2v) is 5.80. The molecule has 3 heterocycles. The number of hydrogen-bond acceptors (Lipinski definition) is 5. The summed E-state index contributed by atoms with van der Waals surface area (Å²) < 4.78 is 1.62. The third-order valence-electron chi connectivity index (χ3n) is 4.11. The molecular weight excluding hydrogens is 316 g/mol. The molecule has 7 heteroatoms. The lowest BCUT2D eigenvalue weighted by atomic mass is 10.1. The zero-order valence-corrected chi connectivity index (χ0v) is 13.6. The molecule has 0 saturated carbocycles. The Morgan fingerprint density at radius 1 is 1.16 bits per heavy atom. The molecule has 0 aliphatic heterocycles. The van der Waals surface area contributed by atoms with E-state index in [4.69, 9.17) is 5.73 Å². The number of H-pyrrole nitrogens is 1. The first-order valence-corrected chi connectivity index (χ1v) is 7.85. The van der Waals surface area contributed by atoms with Crippen LogP contribution in [0.5, 0.6) is 0 Å². The van der Waals surface area contributed by atoms with Gasteiger partial charge in [-0.2, -0.15) is 10.1 Å². The SMILES string of the molecule is Cc1nc(N)nc2c1cc(-c1cc[nH]n1)c(=O)n2Cc1ccccc1. The smallest absolute Gasteiger partial charge is 0.262 e. The number of fused-ring (bicyclic) bond motifs is 1. The van der Waals surface area contributed by atoms with Gasteiger partial charge in [0.1, 0.15) is 5.65 Å². The summed E-state index contributed by atoms with van der Waals surface area (Å²) in [5.41, 5.74) is 8.99. The van der Waals surface area contributed by atoms with Crippen molar-refractivity contribution in [3.63, 3.8) is 0 Å². The number of pyridine rings is 1. The fourth-order valence-electron chi connectivity index (χ4n) is 2.92. The van der Waals surface area contributed by atoms with Crippen LogP contribution in [0.2, 0.25) is 0 Å². The molecule has 3 N–H and O–H groups in total. The summed E-state index contributed by atoms with van der Waals surface area (Å²) in [6, 6.07) is 13.3. The molecule has 1 aromatic carbocycles. The molecule has 0 fully saturated rings. The van der Waals surface area contributed by atoms with Crippen LogP contribution in [0, 0.1) is 6.92 Å². The van der Waals surface area contributed by atoms with Crippen molar-refractivity contribution >= 4 is 17.0 Å². The van der Waals surface area contributed by atoms with E-state index in [0.717, 1.165) is 16.6 Å². The van der Waals surface area contributed by atoms with Crippen LogP contribution in [0.25, 0.3) is 22.3 Å². The van der Waals surface area contributed by atoms with Gasteiger partial charge >= 0.3 is 0 Å². The first-order chi connectivity index (χ1) is 12.1. The molecule has 0 bridgehead atoms. The van der Waals surface area contributed by atoms with E-state index in [2.05, 4.69) is 20.2 Å². The minimum Gasteiger partial charge on any atom is -0.368 e. The van der Waals surface area contributed by atoms with Crippen molar-refractivity contribution in [1.82, 2.24) is 24.7 Å². The van der Waals surface area contributed by atoms with Gasteiger partial charge in [0, 0.05) is 11.6 Å². The summed E-state index contributed by atoms with van der Waals surface area (Å²) in [4.78, 5) is 21.7. The summed E-state index contributed by atoms with van der Waals surface area (Å²) >= 11 is 0. The third kappa shape index (κ3) is 2.65. The van der Waals surface area contributed by atoms with Gasteiger partial charge in [0.15, 0.2) is 0 Å². The summed E-state index contributed by atoms with van der Waals surface area (Å²) in [6.07, 6.45) is 1.69. The highest BCUT2D eigenvalue weighted by molar-refractivity contribution is 5.83. The maximum atomic E-state index is 13.1. The van der Waals surface area contributed by atoms with Crippen LogP contribution in [0.15, 0.2) is 53.5 Å². The van der Waals surface area contributed by atoms with E-state index in [1.54, 1.807) is 22.9 Å². The van der Waals surface area contributed by atoms with Crippen molar-refractivity contribution in [2.45, 2.75) is 13.5 Å². The summed E-state index contributed by atoms with van der Waals surface area (Å²) in [6.45, 7) is 2.25. The maximum absolute atomic E-state index is 13.1. The normalized spacial score (nSPS) is 11.1. The number of anilines is 1. The number of hydrogen-bond donors (Lipinski definition) is 2. The molecule has 0 radical (unpaired) electrons. The van der Waals surface area contributed by atoms with Crippen LogP contribution in [-0.2, 0) is 6.54 Å². The number of aryl methyl sites for hydroxylation is 1. The van der Waals surface area contributed by atoms with Crippen LogP contribution in [0.3, 0.4) is 0 Å². The lowest BCUT2D eigenvalue weighted by Crippen LogP contribution is -2.24. The number of aromatic amines is 1. The first-order valence-electron chi connectivity index (χ1n) is 7.85. The topological polar surface area (TPSA) is 102 Å². The van der Waals surface area contributed by atoms with E-state index in [0.29, 0.717) is 23.4 Å². The van der Waals surface area contributed by atoms with E-state index in [1.807, 2.05) is 37.3 Å². The number of nitrogens with zero attached hydrogens (tertiary/aromatic N) is 4. The number of aromatic nitrogens is 5. The summed E-state index contributed by atoms with van der Waals surface area (Å²) in [7, 11) is 0. The van der Waals surface area contributed by atoms with Crippen LogP contribution in [0.4, 0.5) is 5.95 Å². The standard InChI is InChI=1S/C18H16N6O/c1-11-13-9-14(15-7-8-20-23-15)17(25)24(16(13)22-18(19)21-11)10-12-5-3-2-4-6-12/h2-9H,10H2,1H3,(H,20,23)(H2,19,21,22). The van der Waals surface area contributed by atoms with Gasteiger partial charge in [-0.15, -0.1) is 0 Å². The molecule has 0 unspecified atom stereocenters. The molecule has 25 heavy (non-hydrogen) atoms. The molecule has 4 rings (SSSR count). The lowest BCUT2D eigenvalue weighted by molar-refractivity contribution is 0.782. The Balaban J connectivity index is 2.04. The molecule has 124 valence electrons. The highest BCUT2D eigenvalue weighted by Gasteiger charge is 2.16. The minimum atomic E-state index is -0.166. The van der Waals surface area contributed by atoms with Crippen molar-refractivity contribution in [1.29, 1.82) is 0 Å². The Bertz CT molecular complexity index is 1100. The van der Waals surface area contributed by atoms with E-state index in [1.165, 1.54) is 0 Å². The molecular formula is C18H16N6O. The molecule has 0 saturated heterocycles. The van der Waals surface area contributed by atoms with Gasteiger partial charge in [-0.25, -0.2) is 4.98 Å². The molecule has 7 nitrogen and oxygen atoms in total. The largest absolute Gasteiger partial charge is 0.368 e. The first kappa shape index (κ1) is 15.1. The zero-order chi connectivity index (χ0) is 17.4. The molecule has 0 amide bonds. The number of nitrogens with two attached hydrogens (primary N) is 1. The molecule has 0 spiro atoms. The van der Waals surface area contributed by atoms with Gasteiger partial charge in [-0.05, 0) is 24.6 Å². The summed E-state index contributed by atoms with van der Waals surface area (Å²) in [5.74, 6) is 0.152. The molecule has 0 aliphatic carbocycles. The highest BCUT2D eigenvalue weighted by atomic mass is 16.1. The Hall–Kier alpha value is -3.48. The fraction of sp³-hybridized carbons (Fsp3) is 0.111. The average molecular weight is 332 g/mol. The van der Waals surface area contributed by atoms with Gasteiger partial charge in [0.2, 0.25) is 5.95 Å². The minimum absolute atomic E-state index is 0.152. The Morgan fingerprint density at radius 2 is 1.96 bits per heavy atom. The molecule has 3 aromatic heterocycles. The van der Waals surface area contributed by atoms with Crippen LogP contribution in [0.1, 0.15) is 11.3 Å². The van der Waals surface area contributed by atoms with Crippen molar-refractivity contribution in [2.75, 3.05) is 5.73 Å². The van der Waals surface area contributed by atoms with Gasteiger partial charge < -0.3 is 5.73 Å². The number of nitrogens with one attached hydrogen (secondary N) is 1. The van der Waals surface area contributed by atoms with Gasteiger partial charge in [0.25, 0.3) is 5.56 Å². The predicted molar refractivity (Wildman–Crippen MR) is 96.1 cm³/mol. The monoisotopic (exact) mass is 332 g/mol. The van der Waals surface area contributed by atoms with Crippen molar-refractivity contribution < 1.29 is 0 Å². The third-order valence-corrected chi connectivity index (χ3v) is 4.11. The van der Waals surface area contributed by atoms with Crippen LogP contribution >= 0.6 is 0 Å². The second-order valence-electron chi connectivity index (χ2n) is 5.80. The van der Waals surface area contributed by atoms with E-state index in [9.17, 15) is 4.79 Å². The van der Waals surface area contributed by atoms with Crippen LogP contribution in [-0.4, -0.2) is 24.7 Å². The van der Waals surface area contributed by atoms with Gasteiger partial charge in [-0.3, -0.25) is 14.5 Å². The predicted octanol–water partition coefficient (Wildman–Crippen LogP) is 2.12. The van der Waals surface area contributed by atoms with Crippen molar-refractivity contribution in [3.8, 4) is 11.3 Å². The Kier molecular flexibility index (Phi) is 3.53. The van der Waals surface area contributed by atoms with E-state index in [-0.39, 0.29) is 11.5 Å². The lowest BCUT2D eigenvalue weighted by Gasteiger charge is -2.13. The van der Waals surface area contributed by atoms with Gasteiger partial charge in [0.05, 0.1) is 23.5 Å². The maximum Gasteiger partial charge on any atom is 0.262 e. The van der Waals surface area contributed by atoms with E-state index >= 15 is 0 Å². The highest BCUT2D eigenvalue weighted by Crippen LogP contribution is 2.21.